The van der Waals surface area contributed by atoms with Crippen molar-refractivity contribution in [1.82, 2.24) is 0 Å². The summed E-state index contributed by atoms with van der Waals surface area (Å²) < 4.78 is 0. The van der Waals surface area contributed by atoms with Gasteiger partial charge in [0.2, 0.25) is 0 Å². The number of aliphatic hydroxyl groups excluding tert-OH is 2. The lowest BCUT2D eigenvalue weighted by Crippen LogP contribution is -2.46. The fourth-order valence-electron chi connectivity index (χ4n) is 3.51. The van der Waals surface area contributed by atoms with Crippen molar-refractivity contribution < 1.29 is 10.2 Å². The lowest BCUT2D eigenvalue weighted by atomic mass is 9.56. The van der Waals surface area contributed by atoms with E-state index in [2.05, 4.69) is 13.5 Å². The molecule has 0 spiro atoms. The van der Waals surface area contributed by atoms with Gasteiger partial charge in [0.25, 0.3) is 0 Å². The summed E-state index contributed by atoms with van der Waals surface area (Å²) in [5.74, 6) is 0.400. The normalized spacial score (nSPS) is 41.1. The molecule has 0 aromatic rings. The predicted molar refractivity (Wildman–Crippen MR) is 69.6 cm³/mol. The zero-order chi connectivity index (χ0) is 12.6. The van der Waals surface area contributed by atoms with Gasteiger partial charge in [-0.3, -0.25) is 0 Å². The standard InChI is InChI=1S/C15H24O2/c1-10-4-5-14(17)15(3)7-6-12(8-13(10)15)11(2)9-16/h13-14,16-17H,1,4-9H2,2-3H3/b12-11+/t13-,14+,15+/m0/s1. The second-order valence-electron chi connectivity index (χ2n) is 6.02. The molecule has 2 aliphatic rings. The molecule has 2 heteroatoms. The summed E-state index contributed by atoms with van der Waals surface area (Å²) in [6.07, 6.45) is 4.65. The molecular weight excluding hydrogens is 212 g/mol. The van der Waals surface area contributed by atoms with E-state index in [1.807, 2.05) is 6.92 Å². The van der Waals surface area contributed by atoms with Gasteiger partial charge in [0.15, 0.2) is 0 Å². The minimum Gasteiger partial charge on any atom is -0.393 e. The largest absolute Gasteiger partial charge is 0.393 e. The van der Waals surface area contributed by atoms with Crippen LogP contribution in [0.15, 0.2) is 23.3 Å². The Hall–Kier alpha value is -0.600. The summed E-state index contributed by atoms with van der Waals surface area (Å²) in [4.78, 5) is 0. The van der Waals surface area contributed by atoms with E-state index in [0.29, 0.717) is 5.92 Å². The highest BCUT2D eigenvalue weighted by Gasteiger charge is 2.47. The molecule has 2 fully saturated rings. The van der Waals surface area contributed by atoms with Crippen LogP contribution in [0.1, 0.15) is 46.0 Å². The van der Waals surface area contributed by atoms with E-state index in [1.165, 1.54) is 11.1 Å². The number of hydrogen-bond acceptors (Lipinski definition) is 2. The highest BCUT2D eigenvalue weighted by atomic mass is 16.3. The molecule has 0 radical (unpaired) electrons. The summed E-state index contributed by atoms with van der Waals surface area (Å²) in [6, 6.07) is 0. The highest BCUT2D eigenvalue weighted by molar-refractivity contribution is 5.24. The fraction of sp³-hybridized carbons (Fsp3) is 0.733. The van der Waals surface area contributed by atoms with Crippen molar-refractivity contribution in [3.05, 3.63) is 23.3 Å². The topological polar surface area (TPSA) is 40.5 Å². The van der Waals surface area contributed by atoms with E-state index in [0.717, 1.165) is 37.7 Å². The molecule has 0 aromatic carbocycles. The van der Waals surface area contributed by atoms with Crippen LogP contribution in [0, 0.1) is 11.3 Å². The van der Waals surface area contributed by atoms with Gasteiger partial charge in [-0.15, -0.1) is 0 Å². The maximum absolute atomic E-state index is 10.3. The van der Waals surface area contributed by atoms with Crippen LogP contribution in [0.5, 0.6) is 0 Å². The van der Waals surface area contributed by atoms with Crippen LogP contribution in [0.3, 0.4) is 0 Å². The fourth-order valence-corrected chi connectivity index (χ4v) is 3.51. The van der Waals surface area contributed by atoms with Crippen molar-refractivity contribution in [2.45, 2.75) is 52.1 Å². The van der Waals surface area contributed by atoms with Gasteiger partial charge in [-0.2, -0.15) is 0 Å². The van der Waals surface area contributed by atoms with Crippen LogP contribution in [-0.4, -0.2) is 22.9 Å². The molecule has 2 nitrogen and oxygen atoms in total. The Kier molecular flexibility index (Phi) is 3.46. The monoisotopic (exact) mass is 236 g/mol. The number of rotatable bonds is 1. The third-order valence-electron chi connectivity index (χ3n) is 5.05. The van der Waals surface area contributed by atoms with E-state index in [1.54, 1.807) is 0 Å². The quantitative estimate of drug-likeness (QED) is 0.687. The molecule has 17 heavy (non-hydrogen) atoms. The minimum absolute atomic E-state index is 0.00850. The molecule has 0 aromatic heterocycles. The smallest absolute Gasteiger partial charge is 0.0641 e. The molecule has 2 saturated carbocycles. The zero-order valence-corrected chi connectivity index (χ0v) is 11.0. The Morgan fingerprint density at radius 1 is 1.47 bits per heavy atom. The second kappa shape index (κ2) is 4.58. The molecule has 3 atom stereocenters. The van der Waals surface area contributed by atoms with Gasteiger partial charge >= 0.3 is 0 Å². The Bertz CT molecular complexity index is 356. The second-order valence-corrected chi connectivity index (χ2v) is 6.02. The Balaban J connectivity index is 2.27. The van der Waals surface area contributed by atoms with Gasteiger partial charge in [-0.05, 0) is 50.5 Å². The van der Waals surface area contributed by atoms with Crippen LogP contribution >= 0.6 is 0 Å². The van der Waals surface area contributed by atoms with Gasteiger partial charge in [0, 0.05) is 5.41 Å². The molecule has 96 valence electrons. The average molecular weight is 236 g/mol. The molecule has 0 bridgehead atoms. The number of allylic oxidation sites excluding steroid dienone is 2. The Morgan fingerprint density at radius 2 is 2.18 bits per heavy atom. The first-order valence-corrected chi connectivity index (χ1v) is 6.63. The maximum atomic E-state index is 10.3. The van der Waals surface area contributed by atoms with E-state index in [-0.39, 0.29) is 18.1 Å². The highest BCUT2D eigenvalue weighted by Crippen LogP contribution is 2.53. The van der Waals surface area contributed by atoms with Gasteiger partial charge < -0.3 is 10.2 Å². The van der Waals surface area contributed by atoms with Gasteiger partial charge in [0.1, 0.15) is 0 Å². The van der Waals surface area contributed by atoms with E-state index in [9.17, 15) is 10.2 Å². The Labute approximate surface area is 104 Å². The zero-order valence-electron chi connectivity index (χ0n) is 11.0. The first-order chi connectivity index (χ1) is 7.99. The minimum atomic E-state index is -0.186. The van der Waals surface area contributed by atoms with Crippen LogP contribution < -0.4 is 0 Å². The van der Waals surface area contributed by atoms with Crippen LogP contribution in [-0.2, 0) is 0 Å². The van der Waals surface area contributed by atoms with Crippen LogP contribution in [0.2, 0.25) is 0 Å². The predicted octanol–water partition coefficient (Wildman–Crippen LogP) is 2.81. The van der Waals surface area contributed by atoms with Crippen LogP contribution in [0.4, 0.5) is 0 Å². The summed E-state index contributed by atoms with van der Waals surface area (Å²) in [6.45, 7) is 8.58. The molecular formula is C15H24O2. The summed E-state index contributed by atoms with van der Waals surface area (Å²) in [5, 5.41) is 19.5. The molecule has 2 rings (SSSR count). The lowest BCUT2D eigenvalue weighted by Gasteiger charge is -2.50. The molecule has 0 saturated heterocycles. The molecule has 0 unspecified atom stereocenters. The molecule has 0 aliphatic heterocycles. The Morgan fingerprint density at radius 3 is 2.82 bits per heavy atom. The first-order valence-electron chi connectivity index (χ1n) is 6.63. The summed E-state index contributed by atoms with van der Waals surface area (Å²) in [5.41, 5.74) is 3.79. The van der Waals surface area contributed by atoms with Crippen molar-refractivity contribution in [2.24, 2.45) is 11.3 Å². The average Bonchev–Trinajstić information content (AvgIpc) is 2.33. The third-order valence-corrected chi connectivity index (χ3v) is 5.05. The number of hydrogen-bond donors (Lipinski definition) is 2. The lowest BCUT2D eigenvalue weighted by molar-refractivity contribution is -0.0341. The summed E-state index contributed by atoms with van der Waals surface area (Å²) in [7, 11) is 0. The maximum Gasteiger partial charge on any atom is 0.0641 e. The molecule has 2 aliphatic carbocycles. The van der Waals surface area contributed by atoms with E-state index >= 15 is 0 Å². The van der Waals surface area contributed by atoms with Gasteiger partial charge in [-0.25, -0.2) is 0 Å². The van der Waals surface area contributed by atoms with Crippen molar-refractivity contribution in [3.8, 4) is 0 Å². The first kappa shape index (κ1) is 12.8. The molecule has 2 N–H and O–H groups in total. The SMILES string of the molecule is C=C1CC[C@@H](O)[C@]2(C)CC/C(=C(/C)CO)C[C@@H]12. The van der Waals surface area contributed by atoms with Crippen LogP contribution in [0.25, 0.3) is 0 Å². The number of aliphatic hydroxyl groups is 2. The van der Waals surface area contributed by atoms with E-state index in [4.69, 9.17) is 0 Å². The third kappa shape index (κ3) is 2.09. The van der Waals surface area contributed by atoms with Gasteiger partial charge in [-0.1, -0.05) is 24.6 Å². The summed E-state index contributed by atoms with van der Waals surface area (Å²) >= 11 is 0. The number of fused-ring (bicyclic) bond motifs is 1. The molecule has 0 heterocycles. The van der Waals surface area contributed by atoms with Crippen molar-refractivity contribution in [1.29, 1.82) is 0 Å². The van der Waals surface area contributed by atoms with Gasteiger partial charge in [0.05, 0.1) is 12.7 Å². The molecule has 0 amide bonds. The van der Waals surface area contributed by atoms with Crippen molar-refractivity contribution in [2.75, 3.05) is 6.61 Å². The van der Waals surface area contributed by atoms with E-state index < -0.39 is 0 Å². The van der Waals surface area contributed by atoms with Crippen molar-refractivity contribution >= 4 is 0 Å². The van der Waals surface area contributed by atoms with Crippen molar-refractivity contribution in [3.63, 3.8) is 0 Å².